The first kappa shape index (κ1) is 14.9. The number of carbonyl (C=O) groups excluding carboxylic acids is 1. The lowest BCUT2D eigenvalue weighted by molar-refractivity contribution is -0.384. The quantitative estimate of drug-likeness (QED) is 0.507. The minimum absolute atomic E-state index is 0.203. The molecule has 1 heterocycles. The highest BCUT2D eigenvalue weighted by molar-refractivity contribution is 6.34. The van der Waals surface area contributed by atoms with Gasteiger partial charge in [0.05, 0.1) is 15.5 Å². The van der Waals surface area contributed by atoms with Gasteiger partial charge in [-0.15, -0.1) is 0 Å². The Morgan fingerprint density at radius 2 is 1.95 bits per heavy atom. The molecule has 10 heteroatoms. The summed E-state index contributed by atoms with van der Waals surface area (Å²) in [4.78, 5) is 29.2. The minimum atomic E-state index is -0.758. The Morgan fingerprint density at radius 3 is 2.62 bits per heavy atom. The molecule has 1 aromatic heterocycles. The van der Waals surface area contributed by atoms with Crippen LogP contribution in [0.1, 0.15) is 10.4 Å². The van der Waals surface area contributed by atoms with Gasteiger partial charge >= 0.3 is 5.69 Å². The van der Waals surface area contributed by atoms with Crippen LogP contribution in [0, 0.1) is 10.1 Å². The molecule has 0 aliphatic carbocycles. The van der Waals surface area contributed by atoms with E-state index in [4.69, 9.17) is 23.2 Å². The average molecular weight is 328 g/mol. The fraction of sp³-hybridized carbons (Fsp3) is 0. The van der Waals surface area contributed by atoms with Gasteiger partial charge in [-0.1, -0.05) is 35.3 Å². The molecular weight excluding hydrogens is 321 g/mol. The molecule has 0 saturated heterocycles. The normalized spacial score (nSPS) is 10.0. The monoisotopic (exact) mass is 327 g/mol. The second-order valence-electron chi connectivity index (χ2n) is 3.68. The van der Waals surface area contributed by atoms with Gasteiger partial charge in [0, 0.05) is 0 Å². The molecule has 0 saturated carbocycles. The second-order valence-corrected chi connectivity index (χ2v) is 4.44. The van der Waals surface area contributed by atoms with Gasteiger partial charge in [0.2, 0.25) is 11.0 Å². The van der Waals surface area contributed by atoms with Crippen molar-refractivity contribution < 1.29 is 9.72 Å². The summed E-state index contributed by atoms with van der Waals surface area (Å²) in [7, 11) is 0. The smallest absolute Gasteiger partial charge is 0.276 e. The lowest BCUT2D eigenvalue weighted by Gasteiger charge is -2.09. The number of hydrogen-bond acceptors (Lipinski definition) is 6. The number of nitro groups is 1. The van der Waals surface area contributed by atoms with Gasteiger partial charge in [-0.05, 0) is 12.1 Å². The molecule has 1 amide bonds. The third-order valence-corrected chi connectivity index (χ3v) is 2.98. The Morgan fingerprint density at radius 1 is 1.24 bits per heavy atom. The molecule has 2 rings (SSSR count). The van der Waals surface area contributed by atoms with Crippen LogP contribution in [0.2, 0.25) is 10.2 Å². The molecule has 0 spiro atoms. The lowest BCUT2D eigenvalue weighted by atomic mass is 10.2. The zero-order valence-electron chi connectivity index (χ0n) is 10.2. The zero-order chi connectivity index (χ0) is 15.4. The molecule has 0 bridgehead atoms. The van der Waals surface area contributed by atoms with Crippen molar-refractivity contribution in [2.45, 2.75) is 0 Å². The van der Waals surface area contributed by atoms with Crippen LogP contribution in [-0.4, -0.2) is 20.8 Å². The van der Waals surface area contributed by atoms with Gasteiger partial charge in [0.15, 0.2) is 0 Å². The maximum atomic E-state index is 11.9. The van der Waals surface area contributed by atoms with Gasteiger partial charge in [-0.3, -0.25) is 25.8 Å². The van der Waals surface area contributed by atoms with E-state index in [0.29, 0.717) is 0 Å². The molecule has 1 aromatic carbocycles. The van der Waals surface area contributed by atoms with E-state index in [1.54, 1.807) is 18.2 Å². The molecule has 21 heavy (non-hydrogen) atoms. The Hall–Kier alpha value is -2.45. The summed E-state index contributed by atoms with van der Waals surface area (Å²) in [5.41, 5.74) is 4.24. The van der Waals surface area contributed by atoms with E-state index >= 15 is 0 Å². The number of hydrogen-bond donors (Lipinski definition) is 2. The van der Waals surface area contributed by atoms with E-state index in [-0.39, 0.29) is 21.6 Å². The van der Waals surface area contributed by atoms with Crippen LogP contribution in [0.5, 0.6) is 0 Å². The van der Waals surface area contributed by atoms with Gasteiger partial charge in [0.25, 0.3) is 5.91 Å². The van der Waals surface area contributed by atoms with Gasteiger partial charge in [0.1, 0.15) is 6.33 Å². The van der Waals surface area contributed by atoms with E-state index in [9.17, 15) is 14.9 Å². The van der Waals surface area contributed by atoms with Crippen LogP contribution in [0.4, 0.5) is 11.5 Å². The fourth-order valence-electron chi connectivity index (χ4n) is 1.44. The minimum Gasteiger partial charge on any atom is -0.276 e. The van der Waals surface area contributed by atoms with Crippen molar-refractivity contribution in [2.75, 3.05) is 5.43 Å². The predicted molar refractivity (Wildman–Crippen MR) is 76.2 cm³/mol. The van der Waals surface area contributed by atoms with E-state index in [1.165, 1.54) is 6.07 Å². The molecule has 2 aromatic rings. The molecule has 2 N–H and O–H groups in total. The van der Waals surface area contributed by atoms with Crippen LogP contribution in [-0.2, 0) is 0 Å². The Kier molecular flexibility index (Phi) is 4.51. The Balaban J connectivity index is 2.18. The van der Waals surface area contributed by atoms with Crippen LogP contribution in [0.25, 0.3) is 0 Å². The maximum absolute atomic E-state index is 11.9. The van der Waals surface area contributed by atoms with Gasteiger partial charge in [-0.25, -0.2) is 9.97 Å². The van der Waals surface area contributed by atoms with E-state index in [1.807, 2.05) is 0 Å². The van der Waals surface area contributed by atoms with Crippen LogP contribution < -0.4 is 10.9 Å². The number of benzene rings is 1. The van der Waals surface area contributed by atoms with E-state index in [0.717, 1.165) is 6.33 Å². The van der Waals surface area contributed by atoms with Crippen molar-refractivity contribution in [3.8, 4) is 0 Å². The SMILES string of the molecule is O=C(NNc1ncnc(Cl)c1[N+](=O)[O-])c1ccccc1Cl. The first-order valence-electron chi connectivity index (χ1n) is 5.46. The predicted octanol–water partition coefficient (Wildman–Crippen LogP) is 2.45. The van der Waals surface area contributed by atoms with E-state index < -0.39 is 16.5 Å². The lowest BCUT2D eigenvalue weighted by Crippen LogP contribution is -2.30. The number of carbonyl (C=O) groups is 1. The molecule has 0 unspecified atom stereocenters. The second kappa shape index (κ2) is 6.33. The maximum Gasteiger partial charge on any atom is 0.350 e. The number of nitrogens with zero attached hydrogens (tertiary/aromatic N) is 3. The molecule has 0 aliphatic rings. The van der Waals surface area contributed by atoms with Gasteiger partial charge in [-0.2, -0.15) is 0 Å². The number of halogens is 2. The van der Waals surface area contributed by atoms with Crippen molar-refractivity contribution in [2.24, 2.45) is 0 Å². The summed E-state index contributed by atoms with van der Waals surface area (Å²) in [6.07, 6.45) is 1.03. The molecule has 0 radical (unpaired) electrons. The van der Waals surface area contributed by atoms with Crippen LogP contribution in [0.15, 0.2) is 30.6 Å². The van der Waals surface area contributed by atoms with Crippen LogP contribution >= 0.6 is 23.2 Å². The van der Waals surface area contributed by atoms with Crippen molar-refractivity contribution >= 4 is 40.6 Å². The molecular formula is C11H7Cl2N5O3. The number of rotatable bonds is 4. The third kappa shape index (κ3) is 3.36. The molecule has 0 aliphatic heterocycles. The van der Waals surface area contributed by atoms with Crippen molar-refractivity contribution in [3.63, 3.8) is 0 Å². The summed E-state index contributed by atoms with van der Waals surface area (Å²) >= 11 is 11.5. The highest BCUT2D eigenvalue weighted by Crippen LogP contribution is 2.27. The number of nitrogens with one attached hydrogen (secondary N) is 2. The summed E-state index contributed by atoms with van der Waals surface area (Å²) < 4.78 is 0. The van der Waals surface area contributed by atoms with Gasteiger partial charge < -0.3 is 0 Å². The number of hydrazine groups is 1. The molecule has 108 valence electrons. The highest BCUT2D eigenvalue weighted by atomic mass is 35.5. The standard InChI is InChI=1S/C11H7Cl2N5O3/c12-7-4-2-1-3-6(7)11(19)17-16-10-8(18(20)21)9(13)14-5-15-10/h1-5H,(H,17,19)(H,14,15,16). The van der Waals surface area contributed by atoms with E-state index in [2.05, 4.69) is 20.8 Å². The van der Waals surface area contributed by atoms with Crippen molar-refractivity contribution in [3.05, 3.63) is 56.4 Å². The summed E-state index contributed by atoms with van der Waals surface area (Å²) in [5.74, 6) is -0.815. The first-order valence-corrected chi connectivity index (χ1v) is 6.22. The number of anilines is 1. The fourth-order valence-corrected chi connectivity index (χ4v) is 1.86. The van der Waals surface area contributed by atoms with Crippen molar-refractivity contribution in [1.82, 2.24) is 15.4 Å². The van der Waals surface area contributed by atoms with Crippen molar-refractivity contribution in [1.29, 1.82) is 0 Å². The summed E-state index contributed by atoms with van der Waals surface area (Å²) in [6, 6.07) is 6.34. The zero-order valence-corrected chi connectivity index (χ0v) is 11.7. The first-order chi connectivity index (χ1) is 10.0. The summed E-state index contributed by atoms with van der Waals surface area (Å²) in [6.45, 7) is 0. The molecule has 8 nitrogen and oxygen atoms in total. The number of aromatic nitrogens is 2. The van der Waals surface area contributed by atoms with Crippen LogP contribution in [0.3, 0.4) is 0 Å². The Labute approximate surface area is 128 Å². The molecule has 0 fully saturated rings. The topological polar surface area (TPSA) is 110 Å². The summed E-state index contributed by atoms with van der Waals surface area (Å²) in [5, 5.41) is 10.8. The number of amides is 1. The Bertz CT molecular complexity index is 710. The average Bonchev–Trinajstić information content (AvgIpc) is 2.44. The third-order valence-electron chi connectivity index (χ3n) is 2.37. The molecule has 0 atom stereocenters. The largest absolute Gasteiger partial charge is 0.350 e. The highest BCUT2D eigenvalue weighted by Gasteiger charge is 2.22.